The van der Waals surface area contributed by atoms with E-state index < -0.39 is 11.7 Å². The Labute approximate surface area is 105 Å². The van der Waals surface area contributed by atoms with E-state index in [0.29, 0.717) is 13.2 Å². The monoisotopic (exact) mass is 239 g/mol. The lowest BCUT2D eigenvalue weighted by Gasteiger charge is -2.30. The summed E-state index contributed by atoms with van der Waals surface area (Å²) in [4.78, 5) is 2.30. The molecule has 3 nitrogen and oxygen atoms in total. The Morgan fingerprint density at radius 1 is 1.41 bits per heavy atom. The zero-order valence-corrected chi connectivity index (χ0v) is 11.1. The number of hydrogen-bond acceptors (Lipinski definition) is 3. The number of hydrogen-bond donors (Lipinski definition) is 1. The lowest BCUT2D eigenvalue weighted by atomic mass is 10.1. The van der Waals surface area contributed by atoms with Gasteiger partial charge in [-0.1, -0.05) is 19.3 Å². The predicted molar refractivity (Wildman–Crippen MR) is 69.8 cm³/mol. The lowest BCUT2D eigenvalue weighted by Crippen LogP contribution is -2.40. The molecule has 1 saturated heterocycles. The van der Waals surface area contributed by atoms with Crippen molar-refractivity contribution < 1.29 is 9.84 Å². The third-order valence-corrected chi connectivity index (χ3v) is 3.49. The van der Waals surface area contributed by atoms with Crippen LogP contribution in [0.1, 0.15) is 39.5 Å². The molecule has 98 valence electrons. The van der Waals surface area contributed by atoms with Crippen molar-refractivity contribution in [2.45, 2.75) is 51.2 Å². The Morgan fingerprint density at radius 2 is 2.06 bits per heavy atom. The maximum Gasteiger partial charge on any atom is 0.125 e. The van der Waals surface area contributed by atoms with Gasteiger partial charge in [0, 0.05) is 6.54 Å². The molecule has 0 amide bonds. The van der Waals surface area contributed by atoms with Crippen molar-refractivity contribution in [2.75, 3.05) is 26.2 Å². The van der Waals surface area contributed by atoms with Gasteiger partial charge in [-0.3, -0.25) is 0 Å². The van der Waals surface area contributed by atoms with Crippen LogP contribution in [0.3, 0.4) is 0 Å². The van der Waals surface area contributed by atoms with Crippen molar-refractivity contribution in [3.63, 3.8) is 0 Å². The first kappa shape index (κ1) is 14.5. The number of terminal acetylenes is 1. The molecule has 0 saturated carbocycles. The molecule has 1 N–H and O–H groups in total. The Hall–Kier alpha value is -0.560. The first-order chi connectivity index (χ1) is 8.09. The van der Waals surface area contributed by atoms with E-state index in [1.165, 1.54) is 19.3 Å². The number of ether oxygens (including phenoxy) is 1. The highest BCUT2D eigenvalue weighted by Gasteiger charge is 2.22. The fraction of sp³-hybridized carbons (Fsp3) is 0.857. The first-order valence-corrected chi connectivity index (χ1v) is 6.62. The highest BCUT2D eigenvalue weighted by atomic mass is 16.5. The van der Waals surface area contributed by atoms with Gasteiger partial charge in [0.05, 0.1) is 12.7 Å². The van der Waals surface area contributed by atoms with E-state index in [0.717, 1.165) is 19.5 Å². The second-order valence-electron chi connectivity index (χ2n) is 5.05. The van der Waals surface area contributed by atoms with Gasteiger partial charge in [-0.15, -0.1) is 6.42 Å². The lowest BCUT2D eigenvalue weighted by molar-refractivity contribution is -0.0481. The van der Waals surface area contributed by atoms with Crippen LogP contribution in [0.25, 0.3) is 0 Å². The summed E-state index contributed by atoms with van der Waals surface area (Å²) in [5.74, 6) is 2.64. The van der Waals surface area contributed by atoms with Gasteiger partial charge in [-0.2, -0.15) is 0 Å². The second-order valence-corrected chi connectivity index (χ2v) is 5.05. The second kappa shape index (κ2) is 7.00. The standard InChI is InChI=1S/C14H25NO2/c1-4-14(3,5-2)17-12-13(16)11-15-9-7-6-8-10-15/h1,13,16H,5-12H2,2-3H3/t13-,14-/m1/s1. The fourth-order valence-corrected chi connectivity index (χ4v) is 2.02. The summed E-state index contributed by atoms with van der Waals surface area (Å²) < 4.78 is 5.62. The Bertz CT molecular complexity index is 255. The van der Waals surface area contributed by atoms with Crippen LogP contribution in [-0.2, 0) is 4.74 Å². The normalized spacial score (nSPS) is 22.7. The van der Waals surface area contributed by atoms with Crippen LogP contribution in [0, 0.1) is 12.3 Å². The Balaban J connectivity index is 2.24. The van der Waals surface area contributed by atoms with Crippen LogP contribution in [0.15, 0.2) is 0 Å². The highest BCUT2D eigenvalue weighted by Crippen LogP contribution is 2.14. The molecule has 1 rings (SSSR count). The highest BCUT2D eigenvalue weighted by molar-refractivity contribution is 5.05. The van der Waals surface area contributed by atoms with Crippen LogP contribution in [-0.4, -0.2) is 48.0 Å². The molecule has 0 aromatic rings. The molecule has 0 spiro atoms. The zero-order valence-electron chi connectivity index (χ0n) is 11.1. The molecule has 0 aliphatic carbocycles. The van der Waals surface area contributed by atoms with Crippen molar-refractivity contribution in [3.8, 4) is 12.3 Å². The van der Waals surface area contributed by atoms with E-state index >= 15 is 0 Å². The molecule has 1 fully saturated rings. The van der Waals surface area contributed by atoms with Crippen LogP contribution in [0.5, 0.6) is 0 Å². The number of rotatable bonds is 6. The Morgan fingerprint density at radius 3 is 2.59 bits per heavy atom. The summed E-state index contributed by atoms with van der Waals surface area (Å²) in [5, 5.41) is 9.92. The van der Waals surface area contributed by atoms with Crippen LogP contribution in [0.2, 0.25) is 0 Å². The van der Waals surface area contributed by atoms with Crippen molar-refractivity contribution in [3.05, 3.63) is 0 Å². The van der Waals surface area contributed by atoms with Gasteiger partial charge in [0.25, 0.3) is 0 Å². The minimum absolute atomic E-state index is 0.324. The summed E-state index contributed by atoms with van der Waals surface area (Å²) in [6, 6.07) is 0. The van der Waals surface area contributed by atoms with Crippen molar-refractivity contribution >= 4 is 0 Å². The number of likely N-dealkylation sites (tertiary alicyclic amines) is 1. The largest absolute Gasteiger partial charge is 0.389 e. The third-order valence-electron chi connectivity index (χ3n) is 3.49. The first-order valence-electron chi connectivity index (χ1n) is 6.62. The fourth-order valence-electron chi connectivity index (χ4n) is 2.02. The minimum atomic E-state index is -0.539. The summed E-state index contributed by atoms with van der Waals surface area (Å²) in [6.07, 6.45) is 9.54. The topological polar surface area (TPSA) is 32.7 Å². The van der Waals surface area contributed by atoms with Gasteiger partial charge >= 0.3 is 0 Å². The molecule has 0 unspecified atom stereocenters. The van der Waals surface area contributed by atoms with E-state index in [-0.39, 0.29) is 0 Å². The SMILES string of the molecule is C#C[C@](C)(CC)OC[C@H](O)CN1CCCCC1. The molecule has 3 heteroatoms. The van der Waals surface area contributed by atoms with Crippen molar-refractivity contribution in [1.82, 2.24) is 4.90 Å². The molecular weight excluding hydrogens is 214 g/mol. The van der Waals surface area contributed by atoms with Gasteiger partial charge in [0.15, 0.2) is 0 Å². The van der Waals surface area contributed by atoms with Gasteiger partial charge in [0.2, 0.25) is 0 Å². The smallest absolute Gasteiger partial charge is 0.125 e. The van der Waals surface area contributed by atoms with E-state index in [9.17, 15) is 5.11 Å². The average Bonchev–Trinajstić information content (AvgIpc) is 2.37. The number of aliphatic hydroxyl groups excluding tert-OH is 1. The molecule has 0 bridgehead atoms. The molecule has 17 heavy (non-hydrogen) atoms. The average molecular weight is 239 g/mol. The van der Waals surface area contributed by atoms with Gasteiger partial charge in [0.1, 0.15) is 5.60 Å². The molecular formula is C14H25NO2. The summed E-state index contributed by atoms with van der Waals surface area (Å²) >= 11 is 0. The van der Waals surface area contributed by atoms with Gasteiger partial charge in [-0.05, 0) is 39.3 Å². The number of piperidine rings is 1. The minimum Gasteiger partial charge on any atom is -0.389 e. The molecule has 1 aliphatic rings. The predicted octanol–water partition coefficient (Wildman–Crippen LogP) is 1.65. The van der Waals surface area contributed by atoms with Crippen LogP contribution in [0.4, 0.5) is 0 Å². The van der Waals surface area contributed by atoms with Crippen molar-refractivity contribution in [1.29, 1.82) is 0 Å². The van der Waals surface area contributed by atoms with E-state index in [4.69, 9.17) is 11.2 Å². The van der Waals surface area contributed by atoms with E-state index in [2.05, 4.69) is 10.8 Å². The zero-order chi connectivity index (χ0) is 12.7. The quantitative estimate of drug-likeness (QED) is 0.715. The molecule has 0 aromatic carbocycles. The maximum atomic E-state index is 9.92. The molecule has 0 radical (unpaired) electrons. The van der Waals surface area contributed by atoms with Gasteiger partial charge < -0.3 is 14.7 Å². The van der Waals surface area contributed by atoms with E-state index in [1.807, 2.05) is 13.8 Å². The van der Waals surface area contributed by atoms with Crippen molar-refractivity contribution in [2.24, 2.45) is 0 Å². The number of β-amino-alcohol motifs (C(OH)–C–C–N with tert-alkyl or cyclic N) is 1. The summed E-state index contributed by atoms with van der Waals surface area (Å²) in [6.45, 7) is 7.10. The number of aliphatic hydroxyl groups is 1. The summed E-state index contributed by atoms with van der Waals surface area (Å²) in [7, 11) is 0. The molecule has 2 atom stereocenters. The van der Waals surface area contributed by atoms with Gasteiger partial charge in [-0.25, -0.2) is 0 Å². The summed E-state index contributed by atoms with van der Waals surface area (Å²) in [5.41, 5.74) is -0.539. The molecule has 1 heterocycles. The van der Waals surface area contributed by atoms with Crippen LogP contribution < -0.4 is 0 Å². The van der Waals surface area contributed by atoms with Crippen LogP contribution >= 0.6 is 0 Å². The third kappa shape index (κ3) is 5.08. The Kier molecular flexibility index (Phi) is 5.97. The van der Waals surface area contributed by atoms with E-state index in [1.54, 1.807) is 0 Å². The molecule has 1 aliphatic heterocycles. The number of nitrogens with zero attached hydrogens (tertiary/aromatic N) is 1. The maximum absolute atomic E-state index is 9.92. The molecule has 0 aromatic heterocycles.